The van der Waals surface area contributed by atoms with Crippen LogP contribution in [0.4, 0.5) is 5.69 Å². The summed E-state index contributed by atoms with van der Waals surface area (Å²) in [7, 11) is -3.77. The van der Waals surface area contributed by atoms with E-state index in [2.05, 4.69) is 21.2 Å². The van der Waals surface area contributed by atoms with Gasteiger partial charge in [0.15, 0.2) is 0 Å². The molecule has 0 aliphatic rings. The average Bonchev–Trinajstić information content (AvgIpc) is 2.74. The molecule has 0 heterocycles. The molecule has 2 aromatic carbocycles. The van der Waals surface area contributed by atoms with Crippen molar-refractivity contribution in [1.82, 2.24) is 10.2 Å². The largest absolute Gasteiger partial charge is 0.352 e. The highest BCUT2D eigenvalue weighted by Gasteiger charge is 2.30. The Morgan fingerprint density at radius 2 is 1.79 bits per heavy atom. The standard InChI is InChI=1S/C23H29BrClN3O4S/c1-5-16(2)26-23(30)17(3)27(14-18-8-6-10-20(25)12-18)22(29)15-28(33(4,31)32)21-11-7-9-19(24)13-21/h6-13,16-17H,5,14-15H2,1-4H3,(H,26,30)/t16-,17-/m1/s1. The van der Waals surface area contributed by atoms with Crippen LogP contribution in [-0.4, -0.2) is 50.0 Å². The minimum Gasteiger partial charge on any atom is -0.352 e. The van der Waals surface area contributed by atoms with Gasteiger partial charge < -0.3 is 10.2 Å². The van der Waals surface area contributed by atoms with E-state index < -0.39 is 28.5 Å². The van der Waals surface area contributed by atoms with Gasteiger partial charge in [-0.1, -0.05) is 52.7 Å². The lowest BCUT2D eigenvalue weighted by molar-refractivity contribution is -0.139. The van der Waals surface area contributed by atoms with Gasteiger partial charge in [0.05, 0.1) is 11.9 Å². The predicted octanol–water partition coefficient (Wildman–Crippen LogP) is 4.20. The van der Waals surface area contributed by atoms with E-state index in [1.165, 1.54) is 4.90 Å². The van der Waals surface area contributed by atoms with Crippen LogP contribution in [0.15, 0.2) is 53.0 Å². The minimum absolute atomic E-state index is 0.0581. The molecule has 0 unspecified atom stereocenters. The first-order valence-electron chi connectivity index (χ1n) is 10.5. The molecule has 2 amide bonds. The van der Waals surface area contributed by atoms with Gasteiger partial charge >= 0.3 is 0 Å². The molecule has 0 saturated heterocycles. The molecule has 10 heteroatoms. The smallest absolute Gasteiger partial charge is 0.244 e. The number of nitrogens with one attached hydrogen (secondary N) is 1. The van der Waals surface area contributed by atoms with Crippen LogP contribution < -0.4 is 9.62 Å². The van der Waals surface area contributed by atoms with Gasteiger partial charge in [0.25, 0.3) is 0 Å². The van der Waals surface area contributed by atoms with Crippen molar-refractivity contribution in [1.29, 1.82) is 0 Å². The Morgan fingerprint density at radius 3 is 2.36 bits per heavy atom. The molecule has 0 radical (unpaired) electrons. The Morgan fingerprint density at radius 1 is 1.12 bits per heavy atom. The van der Waals surface area contributed by atoms with E-state index in [1.807, 2.05) is 13.8 Å². The number of halogens is 2. The molecule has 180 valence electrons. The van der Waals surface area contributed by atoms with Crippen molar-refractivity contribution in [2.75, 3.05) is 17.1 Å². The first-order valence-corrected chi connectivity index (χ1v) is 13.5. The van der Waals surface area contributed by atoms with E-state index in [0.29, 0.717) is 15.2 Å². The quantitative estimate of drug-likeness (QED) is 0.474. The molecule has 0 saturated carbocycles. The summed E-state index contributed by atoms with van der Waals surface area (Å²) in [6.07, 6.45) is 1.78. The zero-order valence-electron chi connectivity index (χ0n) is 19.1. The van der Waals surface area contributed by atoms with Gasteiger partial charge in [0, 0.05) is 22.1 Å². The van der Waals surface area contributed by atoms with E-state index in [0.717, 1.165) is 22.5 Å². The Kier molecular flexibility index (Phi) is 9.75. The summed E-state index contributed by atoms with van der Waals surface area (Å²) in [5.41, 5.74) is 1.08. The number of carbonyl (C=O) groups excluding carboxylic acids is 2. The number of amides is 2. The lowest BCUT2D eigenvalue weighted by atomic mass is 10.1. The molecule has 33 heavy (non-hydrogen) atoms. The van der Waals surface area contributed by atoms with Gasteiger partial charge in [-0.2, -0.15) is 0 Å². The molecule has 0 aliphatic heterocycles. The number of hydrogen-bond donors (Lipinski definition) is 1. The third kappa shape index (κ3) is 8.01. The van der Waals surface area contributed by atoms with Crippen LogP contribution in [0.1, 0.15) is 32.8 Å². The molecule has 2 aromatic rings. The second-order valence-electron chi connectivity index (χ2n) is 7.89. The maximum atomic E-state index is 13.4. The van der Waals surface area contributed by atoms with E-state index in [-0.39, 0.29) is 18.5 Å². The maximum Gasteiger partial charge on any atom is 0.244 e. The van der Waals surface area contributed by atoms with E-state index in [1.54, 1.807) is 55.5 Å². The number of anilines is 1. The zero-order chi connectivity index (χ0) is 24.8. The van der Waals surface area contributed by atoms with Gasteiger partial charge in [-0.05, 0) is 56.2 Å². The summed E-state index contributed by atoms with van der Waals surface area (Å²) < 4.78 is 26.8. The third-order valence-corrected chi connectivity index (χ3v) is 7.05. The van der Waals surface area contributed by atoms with Crippen LogP contribution >= 0.6 is 27.5 Å². The van der Waals surface area contributed by atoms with Gasteiger partial charge in [0.2, 0.25) is 21.8 Å². The third-order valence-electron chi connectivity index (χ3n) is 5.19. The molecular formula is C23H29BrClN3O4S. The van der Waals surface area contributed by atoms with Gasteiger partial charge in [-0.25, -0.2) is 8.42 Å². The van der Waals surface area contributed by atoms with E-state index >= 15 is 0 Å². The van der Waals surface area contributed by atoms with Crippen LogP contribution in [0.3, 0.4) is 0 Å². The van der Waals surface area contributed by atoms with Crippen LogP contribution in [0.5, 0.6) is 0 Å². The molecular weight excluding hydrogens is 530 g/mol. The van der Waals surface area contributed by atoms with Gasteiger partial charge in [-0.3, -0.25) is 13.9 Å². The Bertz CT molecular complexity index is 1100. The highest BCUT2D eigenvalue weighted by atomic mass is 79.9. The summed E-state index contributed by atoms with van der Waals surface area (Å²) in [4.78, 5) is 27.7. The van der Waals surface area contributed by atoms with Crippen LogP contribution in [0.2, 0.25) is 5.02 Å². The van der Waals surface area contributed by atoms with Crippen LogP contribution in [-0.2, 0) is 26.2 Å². The minimum atomic E-state index is -3.77. The summed E-state index contributed by atoms with van der Waals surface area (Å²) in [5, 5.41) is 3.39. The fourth-order valence-electron chi connectivity index (χ4n) is 3.13. The highest BCUT2D eigenvalue weighted by molar-refractivity contribution is 9.10. The molecule has 1 N–H and O–H groups in total. The summed E-state index contributed by atoms with van der Waals surface area (Å²) in [5.74, 6) is -0.819. The van der Waals surface area contributed by atoms with E-state index in [4.69, 9.17) is 11.6 Å². The Labute approximate surface area is 209 Å². The molecule has 7 nitrogen and oxygen atoms in total. The number of benzene rings is 2. The number of nitrogens with zero attached hydrogens (tertiary/aromatic N) is 2. The summed E-state index contributed by atoms with van der Waals surface area (Å²) in [6, 6.07) is 12.8. The first-order chi connectivity index (χ1) is 15.4. The molecule has 2 atom stereocenters. The molecule has 0 spiro atoms. The molecule has 0 bridgehead atoms. The molecule has 0 aromatic heterocycles. The second-order valence-corrected chi connectivity index (χ2v) is 11.2. The highest BCUT2D eigenvalue weighted by Crippen LogP contribution is 2.23. The summed E-state index contributed by atoms with van der Waals surface area (Å²) >= 11 is 9.43. The number of hydrogen-bond acceptors (Lipinski definition) is 4. The number of carbonyl (C=O) groups is 2. The lowest BCUT2D eigenvalue weighted by Gasteiger charge is -2.32. The van der Waals surface area contributed by atoms with Crippen molar-refractivity contribution in [3.8, 4) is 0 Å². The first kappa shape index (κ1) is 27.1. The topological polar surface area (TPSA) is 86.8 Å². The Balaban J connectivity index is 2.38. The normalized spacial score (nSPS) is 13.2. The van der Waals surface area contributed by atoms with Crippen molar-refractivity contribution in [2.24, 2.45) is 0 Å². The fraction of sp³-hybridized carbons (Fsp3) is 0.391. The molecule has 2 rings (SSSR count). The zero-order valence-corrected chi connectivity index (χ0v) is 22.2. The van der Waals surface area contributed by atoms with Crippen molar-refractivity contribution >= 4 is 55.1 Å². The summed E-state index contributed by atoms with van der Waals surface area (Å²) in [6.45, 7) is 5.12. The van der Waals surface area contributed by atoms with E-state index in [9.17, 15) is 18.0 Å². The predicted molar refractivity (Wildman–Crippen MR) is 136 cm³/mol. The lowest BCUT2D eigenvalue weighted by Crippen LogP contribution is -2.52. The van der Waals surface area contributed by atoms with Crippen molar-refractivity contribution in [3.05, 3.63) is 63.6 Å². The SMILES string of the molecule is CC[C@@H](C)NC(=O)[C@@H](C)N(Cc1cccc(Cl)c1)C(=O)CN(c1cccc(Br)c1)S(C)(=O)=O. The fourth-order valence-corrected chi connectivity index (χ4v) is 4.57. The number of sulfonamides is 1. The van der Waals surface area contributed by atoms with Crippen LogP contribution in [0, 0.1) is 0 Å². The van der Waals surface area contributed by atoms with Crippen molar-refractivity contribution in [3.63, 3.8) is 0 Å². The maximum absolute atomic E-state index is 13.4. The molecule has 0 fully saturated rings. The number of rotatable bonds is 10. The monoisotopic (exact) mass is 557 g/mol. The second kappa shape index (κ2) is 11.9. The van der Waals surface area contributed by atoms with Crippen LogP contribution in [0.25, 0.3) is 0 Å². The van der Waals surface area contributed by atoms with Gasteiger partial charge in [-0.15, -0.1) is 0 Å². The Hall–Kier alpha value is -2.10. The molecule has 0 aliphatic carbocycles. The van der Waals surface area contributed by atoms with Crippen molar-refractivity contribution < 1.29 is 18.0 Å². The van der Waals surface area contributed by atoms with Crippen molar-refractivity contribution in [2.45, 2.75) is 45.8 Å². The average molecular weight is 559 g/mol. The van der Waals surface area contributed by atoms with Gasteiger partial charge in [0.1, 0.15) is 12.6 Å².